The lowest BCUT2D eigenvalue weighted by Crippen LogP contribution is -2.45. The first kappa shape index (κ1) is 15.2. The van der Waals surface area contributed by atoms with Crippen molar-refractivity contribution < 1.29 is 26.7 Å². The lowest BCUT2D eigenvalue weighted by Gasteiger charge is -2.26. The van der Waals surface area contributed by atoms with E-state index in [4.69, 9.17) is 5.26 Å². The molecule has 0 spiro atoms. The molecule has 1 fully saturated rings. The molecule has 1 unspecified atom stereocenters. The minimum Gasteiger partial charge on any atom is -0.326 e. The smallest absolute Gasteiger partial charge is 0.326 e. The fourth-order valence-corrected chi connectivity index (χ4v) is 2.34. The number of likely N-dealkylation sites (tertiary alicyclic amines) is 1. The summed E-state index contributed by atoms with van der Waals surface area (Å²) in [6.07, 6.45) is -4.84. The van der Waals surface area contributed by atoms with E-state index in [0.29, 0.717) is 17.0 Å². The van der Waals surface area contributed by atoms with Crippen molar-refractivity contribution >= 4 is 5.91 Å². The molecule has 0 N–H and O–H groups in total. The number of alkyl halides is 3. The van der Waals surface area contributed by atoms with Gasteiger partial charge in [0.25, 0.3) is 5.91 Å². The SMILES string of the molecule is N#Cc1cc(F)c(C(=O)N2CCCC2C(F)(F)F)c(F)c1. The maximum Gasteiger partial charge on any atom is 0.408 e. The van der Waals surface area contributed by atoms with Gasteiger partial charge in [-0.25, -0.2) is 8.78 Å². The highest BCUT2D eigenvalue weighted by Gasteiger charge is 2.48. The number of nitriles is 1. The second kappa shape index (κ2) is 5.31. The predicted octanol–water partition coefficient (Wildman–Crippen LogP) is 3.00. The summed E-state index contributed by atoms with van der Waals surface area (Å²) < 4.78 is 65.8. The van der Waals surface area contributed by atoms with Crippen LogP contribution in [0.1, 0.15) is 28.8 Å². The van der Waals surface area contributed by atoms with Gasteiger partial charge in [0.1, 0.15) is 23.2 Å². The molecule has 1 aromatic carbocycles. The van der Waals surface area contributed by atoms with Gasteiger partial charge in [-0.1, -0.05) is 0 Å². The van der Waals surface area contributed by atoms with E-state index < -0.39 is 35.3 Å². The zero-order chi connectivity index (χ0) is 15.8. The molecule has 1 aromatic rings. The Morgan fingerprint density at radius 3 is 2.33 bits per heavy atom. The molecule has 112 valence electrons. The maximum absolute atomic E-state index is 13.7. The van der Waals surface area contributed by atoms with Crippen LogP contribution in [-0.2, 0) is 0 Å². The maximum atomic E-state index is 13.7. The van der Waals surface area contributed by atoms with Gasteiger partial charge in [0.2, 0.25) is 0 Å². The Hall–Kier alpha value is -2.17. The van der Waals surface area contributed by atoms with Gasteiger partial charge in [-0.2, -0.15) is 18.4 Å². The molecule has 8 heteroatoms. The van der Waals surface area contributed by atoms with Gasteiger partial charge < -0.3 is 4.90 Å². The second-order valence-electron chi connectivity index (χ2n) is 4.62. The van der Waals surface area contributed by atoms with Crippen LogP contribution in [0.4, 0.5) is 22.0 Å². The third kappa shape index (κ3) is 2.82. The van der Waals surface area contributed by atoms with E-state index in [1.807, 2.05) is 0 Å². The molecule has 0 aromatic heterocycles. The van der Waals surface area contributed by atoms with E-state index in [-0.39, 0.29) is 24.9 Å². The number of amides is 1. The minimum atomic E-state index is -4.65. The van der Waals surface area contributed by atoms with Gasteiger partial charge in [0, 0.05) is 6.54 Å². The van der Waals surface area contributed by atoms with Crippen LogP contribution in [0.25, 0.3) is 0 Å². The summed E-state index contributed by atoms with van der Waals surface area (Å²) in [5, 5.41) is 8.55. The normalized spacial score (nSPS) is 18.7. The van der Waals surface area contributed by atoms with Crippen molar-refractivity contribution in [3.8, 4) is 6.07 Å². The Morgan fingerprint density at radius 2 is 1.86 bits per heavy atom. The molecule has 1 amide bonds. The van der Waals surface area contributed by atoms with Crippen molar-refractivity contribution in [1.82, 2.24) is 4.90 Å². The molecule has 2 rings (SSSR count). The molecule has 3 nitrogen and oxygen atoms in total. The number of hydrogen-bond donors (Lipinski definition) is 0. The highest BCUT2D eigenvalue weighted by Crippen LogP contribution is 2.34. The quantitative estimate of drug-likeness (QED) is 0.749. The first-order valence-electron chi connectivity index (χ1n) is 6.02. The zero-order valence-corrected chi connectivity index (χ0v) is 10.5. The summed E-state index contributed by atoms with van der Waals surface area (Å²) >= 11 is 0. The van der Waals surface area contributed by atoms with Crippen molar-refractivity contribution in [3.05, 3.63) is 34.9 Å². The number of carbonyl (C=O) groups is 1. The molecule has 1 saturated heterocycles. The zero-order valence-electron chi connectivity index (χ0n) is 10.5. The summed E-state index contributed by atoms with van der Waals surface area (Å²) in [4.78, 5) is 12.4. The van der Waals surface area contributed by atoms with E-state index in [1.54, 1.807) is 0 Å². The van der Waals surface area contributed by atoms with Crippen molar-refractivity contribution in [2.75, 3.05) is 6.54 Å². The molecule has 1 heterocycles. The monoisotopic (exact) mass is 304 g/mol. The highest BCUT2D eigenvalue weighted by molar-refractivity contribution is 5.95. The Bertz CT molecular complexity index is 597. The topological polar surface area (TPSA) is 44.1 Å². The number of hydrogen-bond acceptors (Lipinski definition) is 2. The number of nitrogens with zero attached hydrogens (tertiary/aromatic N) is 2. The van der Waals surface area contributed by atoms with Crippen LogP contribution < -0.4 is 0 Å². The average Bonchev–Trinajstić information content (AvgIpc) is 2.86. The molecule has 21 heavy (non-hydrogen) atoms. The molecule has 0 radical (unpaired) electrons. The highest BCUT2D eigenvalue weighted by atomic mass is 19.4. The molecular formula is C13H9F5N2O. The number of carbonyl (C=O) groups excluding carboxylic acids is 1. The van der Waals surface area contributed by atoms with Crippen LogP contribution in [0.15, 0.2) is 12.1 Å². The average molecular weight is 304 g/mol. The molecule has 0 aliphatic carbocycles. The molecule has 1 atom stereocenters. The second-order valence-corrected chi connectivity index (χ2v) is 4.62. The van der Waals surface area contributed by atoms with Gasteiger partial charge >= 0.3 is 6.18 Å². The van der Waals surface area contributed by atoms with Gasteiger partial charge in [-0.3, -0.25) is 4.79 Å². The van der Waals surface area contributed by atoms with E-state index in [2.05, 4.69) is 0 Å². The van der Waals surface area contributed by atoms with E-state index in [1.165, 1.54) is 6.07 Å². The predicted molar refractivity (Wildman–Crippen MR) is 61.2 cm³/mol. The van der Waals surface area contributed by atoms with Crippen LogP contribution in [0.2, 0.25) is 0 Å². The van der Waals surface area contributed by atoms with E-state index in [9.17, 15) is 26.7 Å². The van der Waals surface area contributed by atoms with Crippen LogP contribution >= 0.6 is 0 Å². The van der Waals surface area contributed by atoms with Crippen molar-refractivity contribution in [3.63, 3.8) is 0 Å². The van der Waals surface area contributed by atoms with E-state index in [0.717, 1.165) is 0 Å². The van der Waals surface area contributed by atoms with Crippen LogP contribution in [-0.4, -0.2) is 29.6 Å². The summed E-state index contributed by atoms with van der Waals surface area (Å²) in [6, 6.07) is 0.690. The Morgan fingerprint density at radius 1 is 1.29 bits per heavy atom. The van der Waals surface area contributed by atoms with Crippen molar-refractivity contribution in [2.45, 2.75) is 25.1 Å². The molecule has 0 bridgehead atoms. The van der Waals surface area contributed by atoms with E-state index >= 15 is 0 Å². The third-order valence-electron chi connectivity index (χ3n) is 3.28. The molecule has 0 saturated carbocycles. The third-order valence-corrected chi connectivity index (χ3v) is 3.28. The molecular weight excluding hydrogens is 295 g/mol. The largest absolute Gasteiger partial charge is 0.408 e. The summed E-state index contributed by atoms with van der Waals surface area (Å²) in [5.74, 6) is -4.04. The molecule has 1 aliphatic heterocycles. The summed E-state index contributed by atoms with van der Waals surface area (Å²) in [7, 11) is 0. The summed E-state index contributed by atoms with van der Waals surface area (Å²) in [6.45, 7) is -0.220. The standard InChI is InChI=1S/C13H9F5N2O/c14-8-4-7(6-19)5-9(15)11(8)12(21)20-3-1-2-10(20)13(16,17)18/h4-5,10H,1-3H2. The Balaban J connectivity index is 2.39. The van der Waals surface area contributed by atoms with Gasteiger partial charge in [0.05, 0.1) is 11.6 Å². The van der Waals surface area contributed by atoms with Crippen LogP contribution in [0.3, 0.4) is 0 Å². The number of rotatable bonds is 1. The lowest BCUT2D eigenvalue weighted by atomic mass is 10.1. The number of benzene rings is 1. The first-order valence-corrected chi connectivity index (χ1v) is 6.02. The van der Waals surface area contributed by atoms with Crippen molar-refractivity contribution in [1.29, 1.82) is 5.26 Å². The van der Waals surface area contributed by atoms with Crippen LogP contribution in [0.5, 0.6) is 0 Å². The number of halogens is 5. The van der Waals surface area contributed by atoms with Crippen LogP contribution in [0, 0.1) is 23.0 Å². The minimum absolute atomic E-state index is 0.107. The first-order chi connectivity index (χ1) is 9.75. The van der Waals surface area contributed by atoms with Gasteiger partial charge in [-0.15, -0.1) is 0 Å². The Labute approximate surface area is 116 Å². The summed E-state index contributed by atoms with van der Waals surface area (Å²) in [5.41, 5.74) is -1.42. The van der Waals surface area contributed by atoms with Gasteiger partial charge in [-0.05, 0) is 25.0 Å². The fourth-order valence-electron chi connectivity index (χ4n) is 2.34. The molecule has 1 aliphatic rings. The van der Waals surface area contributed by atoms with Gasteiger partial charge in [0.15, 0.2) is 0 Å². The fraction of sp³-hybridized carbons (Fsp3) is 0.385. The van der Waals surface area contributed by atoms with Crippen molar-refractivity contribution in [2.24, 2.45) is 0 Å². The lowest BCUT2D eigenvalue weighted by molar-refractivity contribution is -0.169. The Kier molecular flexibility index (Phi) is 3.85.